The Hall–Kier alpha value is -1.78. The Morgan fingerprint density at radius 2 is 1.61 bits per heavy atom. The third kappa shape index (κ3) is 4.24. The lowest BCUT2D eigenvalue weighted by molar-refractivity contribution is -0.139. The molecular weight excluding hydrogens is 242 g/mol. The number of carboxylic acid groups (broad SMARTS) is 1. The Labute approximate surface area is 103 Å². The van der Waals surface area contributed by atoms with Crippen molar-refractivity contribution in [1.82, 2.24) is 0 Å². The summed E-state index contributed by atoms with van der Waals surface area (Å²) in [5, 5.41) is 8.69. The van der Waals surface area contributed by atoms with E-state index in [1.54, 1.807) is 13.8 Å². The standard InChI is InChI=1S/C13H14F2O3/c1-13(2,7-12(17)18)6-11(16)8-3-9(14)5-10(15)4-8/h3-5H,6-7H2,1-2H3,(H,17,18). The molecule has 0 saturated carbocycles. The molecule has 0 aromatic heterocycles. The van der Waals surface area contributed by atoms with E-state index in [4.69, 9.17) is 5.11 Å². The van der Waals surface area contributed by atoms with Gasteiger partial charge in [0.2, 0.25) is 0 Å². The summed E-state index contributed by atoms with van der Waals surface area (Å²) in [7, 11) is 0. The smallest absolute Gasteiger partial charge is 0.303 e. The van der Waals surface area contributed by atoms with Crippen LogP contribution in [-0.4, -0.2) is 16.9 Å². The van der Waals surface area contributed by atoms with E-state index in [1.807, 2.05) is 0 Å². The average Bonchev–Trinajstić information content (AvgIpc) is 2.12. The first-order valence-electron chi connectivity index (χ1n) is 5.41. The van der Waals surface area contributed by atoms with Gasteiger partial charge in [0.15, 0.2) is 5.78 Å². The Morgan fingerprint density at radius 1 is 1.11 bits per heavy atom. The average molecular weight is 256 g/mol. The van der Waals surface area contributed by atoms with Crippen LogP contribution in [-0.2, 0) is 4.79 Å². The molecule has 5 heteroatoms. The van der Waals surface area contributed by atoms with E-state index in [9.17, 15) is 18.4 Å². The van der Waals surface area contributed by atoms with Gasteiger partial charge in [0.25, 0.3) is 0 Å². The molecule has 1 aromatic rings. The third-order valence-corrected chi connectivity index (χ3v) is 2.45. The molecule has 0 aliphatic rings. The van der Waals surface area contributed by atoms with Gasteiger partial charge in [-0.1, -0.05) is 13.8 Å². The van der Waals surface area contributed by atoms with E-state index in [2.05, 4.69) is 0 Å². The molecule has 3 nitrogen and oxygen atoms in total. The number of hydrogen-bond donors (Lipinski definition) is 1. The van der Waals surface area contributed by atoms with Crippen molar-refractivity contribution in [2.24, 2.45) is 5.41 Å². The van der Waals surface area contributed by atoms with Gasteiger partial charge in [-0.05, 0) is 17.5 Å². The summed E-state index contributed by atoms with van der Waals surface area (Å²) in [4.78, 5) is 22.4. The van der Waals surface area contributed by atoms with E-state index < -0.39 is 28.8 Å². The summed E-state index contributed by atoms with van der Waals surface area (Å²) in [5.74, 6) is -3.14. The van der Waals surface area contributed by atoms with E-state index in [1.165, 1.54) is 0 Å². The van der Waals surface area contributed by atoms with Gasteiger partial charge < -0.3 is 5.11 Å². The van der Waals surface area contributed by atoms with Crippen LogP contribution < -0.4 is 0 Å². The summed E-state index contributed by atoms with van der Waals surface area (Å²) >= 11 is 0. The zero-order chi connectivity index (χ0) is 13.9. The largest absolute Gasteiger partial charge is 0.481 e. The fraction of sp³-hybridized carbons (Fsp3) is 0.385. The minimum atomic E-state index is -1.02. The molecule has 1 N–H and O–H groups in total. The summed E-state index contributed by atoms with van der Waals surface area (Å²) in [5.41, 5.74) is -0.836. The number of carbonyl (C=O) groups is 2. The monoisotopic (exact) mass is 256 g/mol. The maximum absolute atomic E-state index is 12.9. The quantitative estimate of drug-likeness (QED) is 0.824. The number of halogens is 2. The maximum atomic E-state index is 12.9. The lowest BCUT2D eigenvalue weighted by atomic mass is 9.82. The number of hydrogen-bond acceptors (Lipinski definition) is 2. The molecule has 0 aliphatic carbocycles. The molecule has 98 valence electrons. The molecule has 0 atom stereocenters. The highest BCUT2D eigenvalue weighted by molar-refractivity contribution is 5.96. The second-order valence-corrected chi connectivity index (χ2v) is 4.99. The number of carbonyl (C=O) groups excluding carboxylic acids is 1. The van der Waals surface area contributed by atoms with Crippen molar-refractivity contribution in [2.45, 2.75) is 26.7 Å². The number of rotatable bonds is 5. The molecule has 0 bridgehead atoms. The second-order valence-electron chi connectivity index (χ2n) is 4.99. The van der Waals surface area contributed by atoms with Gasteiger partial charge in [-0.15, -0.1) is 0 Å². The third-order valence-electron chi connectivity index (χ3n) is 2.45. The Kier molecular flexibility index (Phi) is 4.16. The van der Waals surface area contributed by atoms with Crippen LogP contribution in [0.2, 0.25) is 0 Å². The molecule has 0 unspecified atom stereocenters. The second kappa shape index (κ2) is 5.25. The van der Waals surface area contributed by atoms with Crippen LogP contribution in [0, 0.1) is 17.0 Å². The zero-order valence-electron chi connectivity index (χ0n) is 10.2. The van der Waals surface area contributed by atoms with E-state index >= 15 is 0 Å². The molecule has 0 aliphatic heterocycles. The minimum absolute atomic E-state index is 0.0778. The normalized spacial score (nSPS) is 11.3. The van der Waals surface area contributed by atoms with Crippen molar-refractivity contribution in [1.29, 1.82) is 0 Å². The molecular formula is C13H14F2O3. The SMILES string of the molecule is CC(C)(CC(=O)O)CC(=O)c1cc(F)cc(F)c1. The molecule has 0 heterocycles. The Morgan fingerprint density at radius 3 is 2.06 bits per heavy atom. The van der Waals surface area contributed by atoms with Gasteiger partial charge in [-0.2, -0.15) is 0 Å². The highest BCUT2D eigenvalue weighted by Crippen LogP contribution is 2.27. The van der Waals surface area contributed by atoms with Crippen molar-refractivity contribution in [2.75, 3.05) is 0 Å². The molecule has 0 spiro atoms. The Balaban J connectivity index is 2.85. The van der Waals surface area contributed by atoms with Gasteiger partial charge in [0.1, 0.15) is 11.6 Å². The topological polar surface area (TPSA) is 54.4 Å². The zero-order valence-corrected chi connectivity index (χ0v) is 10.2. The van der Waals surface area contributed by atoms with Crippen molar-refractivity contribution >= 4 is 11.8 Å². The summed E-state index contributed by atoms with van der Waals surface area (Å²) in [6.07, 6.45) is -0.265. The molecule has 1 aromatic carbocycles. The van der Waals surface area contributed by atoms with E-state index in [0.29, 0.717) is 6.07 Å². The number of aliphatic carboxylic acids is 1. The predicted octanol–water partition coefficient (Wildman–Crippen LogP) is 3.04. The Bertz CT molecular complexity index is 461. The van der Waals surface area contributed by atoms with Crippen LogP contribution in [0.25, 0.3) is 0 Å². The molecule has 1 rings (SSSR count). The maximum Gasteiger partial charge on any atom is 0.303 e. The van der Waals surface area contributed by atoms with Crippen LogP contribution in [0.3, 0.4) is 0 Å². The molecule has 0 amide bonds. The highest BCUT2D eigenvalue weighted by Gasteiger charge is 2.26. The first-order chi connectivity index (χ1) is 8.19. The number of Topliss-reactive ketones (excluding diaryl/α,β-unsaturated/α-hetero) is 1. The summed E-state index contributed by atoms with van der Waals surface area (Å²) in [6, 6.07) is 2.57. The van der Waals surface area contributed by atoms with Crippen LogP contribution in [0.15, 0.2) is 18.2 Å². The van der Waals surface area contributed by atoms with Gasteiger partial charge in [-0.25, -0.2) is 8.78 Å². The van der Waals surface area contributed by atoms with Crippen LogP contribution in [0.4, 0.5) is 8.78 Å². The van der Waals surface area contributed by atoms with Crippen LogP contribution in [0.1, 0.15) is 37.0 Å². The fourth-order valence-corrected chi connectivity index (χ4v) is 1.72. The van der Waals surface area contributed by atoms with Crippen LogP contribution in [0.5, 0.6) is 0 Å². The molecule has 18 heavy (non-hydrogen) atoms. The van der Waals surface area contributed by atoms with Crippen molar-refractivity contribution < 1.29 is 23.5 Å². The number of benzene rings is 1. The number of ketones is 1. The fourth-order valence-electron chi connectivity index (χ4n) is 1.72. The van der Waals surface area contributed by atoms with Gasteiger partial charge >= 0.3 is 5.97 Å². The highest BCUT2D eigenvalue weighted by atomic mass is 19.1. The summed E-state index contributed by atoms with van der Waals surface area (Å²) < 4.78 is 25.9. The molecule has 0 fully saturated rings. The molecule has 0 saturated heterocycles. The molecule has 0 radical (unpaired) electrons. The van der Waals surface area contributed by atoms with Gasteiger partial charge in [0.05, 0.1) is 6.42 Å². The summed E-state index contributed by atoms with van der Waals surface area (Å²) in [6.45, 7) is 3.24. The lowest BCUT2D eigenvalue weighted by Gasteiger charge is -2.21. The lowest BCUT2D eigenvalue weighted by Crippen LogP contribution is -2.21. The first-order valence-corrected chi connectivity index (χ1v) is 5.41. The van der Waals surface area contributed by atoms with E-state index in [-0.39, 0.29) is 18.4 Å². The van der Waals surface area contributed by atoms with Crippen molar-refractivity contribution in [3.63, 3.8) is 0 Å². The predicted molar refractivity (Wildman–Crippen MR) is 61.3 cm³/mol. The first kappa shape index (κ1) is 14.3. The van der Waals surface area contributed by atoms with Crippen molar-refractivity contribution in [3.8, 4) is 0 Å². The van der Waals surface area contributed by atoms with E-state index in [0.717, 1.165) is 12.1 Å². The van der Waals surface area contributed by atoms with Gasteiger partial charge in [0, 0.05) is 18.1 Å². The van der Waals surface area contributed by atoms with Gasteiger partial charge in [-0.3, -0.25) is 9.59 Å². The van der Waals surface area contributed by atoms with Crippen LogP contribution >= 0.6 is 0 Å². The number of carboxylic acids is 1. The minimum Gasteiger partial charge on any atom is -0.481 e. The van der Waals surface area contributed by atoms with Crippen molar-refractivity contribution in [3.05, 3.63) is 35.4 Å².